The van der Waals surface area contributed by atoms with Gasteiger partial charge in [-0.25, -0.2) is 9.97 Å². The number of aromatic amines is 1. The fourth-order valence-corrected chi connectivity index (χ4v) is 3.40. The second kappa shape index (κ2) is 5.91. The lowest BCUT2D eigenvalue weighted by atomic mass is 10.0. The zero-order valence-corrected chi connectivity index (χ0v) is 13.3. The van der Waals surface area contributed by atoms with E-state index in [0.29, 0.717) is 0 Å². The van der Waals surface area contributed by atoms with Crippen LogP contribution in [-0.2, 0) is 0 Å². The fraction of sp³-hybridized carbons (Fsp3) is 0.333. The first-order chi connectivity index (χ1) is 11.4. The maximum absolute atomic E-state index is 4.51. The second-order valence-electron chi connectivity index (χ2n) is 5.98. The van der Waals surface area contributed by atoms with Gasteiger partial charge in [-0.15, -0.1) is 0 Å². The summed E-state index contributed by atoms with van der Waals surface area (Å²) in [4.78, 5) is 14.6. The van der Waals surface area contributed by atoms with Crippen molar-refractivity contribution in [1.29, 1.82) is 0 Å². The lowest BCUT2D eigenvalue weighted by Crippen LogP contribution is -2.29. The highest BCUT2D eigenvalue weighted by molar-refractivity contribution is 6.02. The average molecular weight is 307 g/mol. The molecule has 0 amide bonds. The Morgan fingerprint density at radius 1 is 1.09 bits per heavy atom. The van der Waals surface area contributed by atoms with Gasteiger partial charge in [0.05, 0.1) is 0 Å². The van der Waals surface area contributed by atoms with Gasteiger partial charge < -0.3 is 15.2 Å². The highest BCUT2D eigenvalue weighted by atomic mass is 15.1. The topological polar surface area (TPSA) is 56.8 Å². The van der Waals surface area contributed by atoms with Crippen molar-refractivity contribution in [3.05, 3.63) is 36.8 Å². The predicted octanol–water partition coefficient (Wildman–Crippen LogP) is 3.66. The minimum absolute atomic E-state index is 0.875. The molecular formula is C18H21N5. The van der Waals surface area contributed by atoms with Crippen LogP contribution in [-0.4, -0.2) is 35.1 Å². The van der Waals surface area contributed by atoms with Crippen LogP contribution < -0.4 is 10.2 Å². The summed E-state index contributed by atoms with van der Waals surface area (Å²) in [5.74, 6) is 0.875. The first-order valence-electron chi connectivity index (χ1n) is 8.22. The smallest absolute Gasteiger partial charge is 0.139 e. The van der Waals surface area contributed by atoms with Crippen LogP contribution in [0.15, 0.2) is 36.8 Å². The van der Waals surface area contributed by atoms with Crippen molar-refractivity contribution in [2.24, 2.45) is 0 Å². The highest BCUT2D eigenvalue weighted by Gasteiger charge is 2.18. The molecule has 118 valence electrons. The molecule has 0 unspecified atom stereocenters. The summed E-state index contributed by atoms with van der Waals surface area (Å²) in [6.07, 6.45) is 9.67. The zero-order valence-electron chi connectivity index (χ0n) is 13.3. The normalized spacial score (nSPS) is 15.1. The minimum Gasteiger partial charge on any atom is -0.373 e. The highest BCUT2D eigenvalue weighted by Crippen LogP contribution is 2.36. The van der Waals surface area contributed by atoms with E-state index in [4.69, 9.17) is 0 Å². The van der Waals surface area contributed by atoms with Crippen LogP contribution in [0, 0.1) is 0 Å². The second-order valence-corrected chi connectivity index (χ2v) is 5.98. The number of aromatic nitrogens is 3. The molecule has 0 saturated carbocycles. The molecule has 3 aromatic rings. The molecule has 3 aromatic heterocycles. The Balaban J connectivity index is 1.87. The molecule has 0 aliphatic carbocycles. The van der Waals surface area contributed by atoms with Crippen molar-refractivity contribution in [2.75, 3.05) is 30.4 Å². The molecule has 5 nitrogen and oxygen atoms in total. The average Bonchev–Trinajstić information content (AvgIpc) is 3.07. The maximum atomic E-state index is 4.51. The van der Waals surface area contributed by atoms with Gasteiger partial charge in [-0.1, -0.05) is 0 Å². The number of anilines is 2. The fourth-order valence-electron chi connectivity index (χ4n) is 3.40. The molecule has 4 rings (SSSR count). The molecule has 4 heterocycles. The Bertz CT molecular complexity index is 817. The number of fused-ring (bicyclic) bond motifs is 1. The molecule has 0 bridgehead atoms. The largest absolute Gasteiger partial charge is 0.373 e. The van der Waals surface area contributed by atoms with Crippen LogP contribution in [0.4, 0.5) is 11.5 Å². The maximum Gasteiger partial charge on any atom is 0.139 e. The number of piperidine rings is 1. The number of hydrogen-bond acceptors (Lipinski definition) is 4. The molecule has 0 atom stereocenters. The number of nitrogens with zero attached hydrogens (tertiary/aromatic N) is 3. The lowest BCUT2D eigenvalue weighted by Gasteiger charge is -2.29. The van der Waals surface area contributed by atoms with Crippen LogP contribution in [0.5, 0.6) is 0 Å². The number of nitrogens with one attached hydrogen (secondary N) is 2. The van der Waals surface area contributed by atoms with E-state index in [2.05, 4.69) is 49.6 Å². The summed E-state index contributed by atoms with van der Waals surface area (Å²) in [7, 11) is 1.89. The first kappa shape index (κ1) is 14.1. The van der Waals surface area contributed by atoms with E-state index < -0.39 is 0 Å². The van der Waals surface area contributed by atoms with Crippen molar-refractivity contribution in [3.63, 3.8) is 0 Å². The van der Waals surface area contributed by atoms with Gasteiger partial charge in [-0.05, 0) is 43.0 Å². The molecule has 0 spiro atoms. The van der Waals surface area contributed by atoms with Gasteiger partial charge in [0.25, 0.3) is 0 Å². The van der Waals surface area contributed by atoms with E-state index in [1.54, 1.807) is 0 Å². The molecular weight excluding hydrogens is 286 g/mol. The third-order valence-electron chi connectivity index (χ3n) is 4.58. The van der Waals surface area contributed by atoms with Crippen molar-refractivity contribution < 1.29 is 0 Å². The monoisotopic (exact) mass is 307 g/mol. The molecule has 1 aliphatic rings. The summed E-state index contributed by atoms with van der Waals surface area (Å²) in [6.45, 7) is 2.25. The summed E-state index contributed by atoms with van der Waals surface area (Å²) in [5.41, 5.74) is 4.58. The molecule has 5 heteroatoms. The Kier molecular flexibility index (Phi) is 3.61. The van der Waals surface area contributed by atoms with Gasteiger partial charge in [0.1, 0.15) is 11.5 Å². The van der Waals surface area contributed by atoms with Gasteiger partial charge >= 0.3 is 0 Å². The number of pyridine rings is 2. The van der Waals surface area contributed by atoms with Gasteiger partial charge in [-0.3, -0.25) is 0 Å². The molecule has 1 saturated heterocycles. The summed E-state index contributed by atoms with van der Waals surface area (Å²) in [5, 5.41) is 4.32. The Labute approximate surface area is 135 Å². The van der Waals surface area contributed by atoms with E-state index >= 15 is 0 Å². The van der Waals surface area contributed by atoms with Crippen LogP contribution in [0.1, 0.15) is 19.3 Å². The van der Waals surface area contributed by atoms with E-state index in [1.807, 2.05) is 19.4 Å². The van der Waals surface area contributed by atoms with Crippen molar-refractivity contribution >= 4 is 22.5 Å². The van der Waals surface area contributed by atoms with Gasteiger partial charge in [-0.2, -0.15) is 0 Å². The first-order valence-corrected chi connectivity index (χ1v) is 8.22. The number of rotatable bonds is 3. The van der Waals surface area contributed by atoms with Gasteiger partial charge in [0.2, 0.25) is 0 Å². The van der Waals surface area contributed by atoms with E-state index in [0.717, 1.165) is 30.1 Å². The van der Waals surface area contributed by atoms with Gasteiger partial charge in [0, 0.05) is 55.4 Å². The molecule has 1 fully saturated rings. The SMILES string of the molecule is CNc1cc(-c2c[nH]c3nccc(N4CCCCC4)c23)ccn1. The van der Waals surface area contributed by atoms with Crippen LogP contribution >= 0.6 is 0 Å². The molecule has 23 heavy (non-hydrogen) atoms. The molecule has 0 radical (unpaired) electrons. The van der Waals surface area contributed by atoms with Crippen LogP contribution in [0.25, 0.3) is 22.2 Å². The molecule has 0 aromatic carbocycles. The van der Waals surface area contributed by atoms with Gasteiger partial charge in [0.15, 0.2) is 0 Å². The predicted molar refractivity (Wildman–Crippen MR) is 94.9 cm³/mol. The quantitative estimate of drug-likeness (QED) is 0.775. The summed E-state index contributed by atoms with van der Waals surface area (Å²) in [6, 6.07) is 6.27. The standard InChI is InChI=1S/C18H21N5/c1-19-16-11-13(5-7-20-16)14-12-22-18-17(14)15(6-8-21-18)23-9-3-2-4-10-23/h5-8,11-12H,2-4,9-10H2,1H3,(H,19,20)(H,21,22). The van der Waals surface area contributed by atoms with E-state index in [9.17, 15) is 0 Å². The number of H-pyrrole nitrogens is 1. The van der Waals surface area contributed by atoms with E-state index in [1.165, 1.54) is 35.9 Å². The van der Waals surface area contributed by atoms with E-state index in [-0.39, 0.29) is 0 Å². The van der Waals surface area contributed by atoms with Crippen LogP contribution in [0.2, 0.25) is 0 Å². The minimum atomic E-state index is 0.875. The zero-order chi connectivity index (χ0) is 15.6. The number of hydrogen-bond donors (Lipinski definition) is 2. The Morgan fingerprint density at radius 2 is 1.91 bits per heavy atom. The van der Waals surface area contributed by atoms with Crippen molar-refractivity contribution in [3.8, 4) is 11.1 Å². The molecule has 1 aliphatic heterocycles. The summed E-state index contributed by atoms with van der Waals surface area (Å²) >= 11 is 0. The third-order valence-corrected chi connectivity index (χ3v) is 4.58. The Morgan fingerprint density at radius 3 is 2.74 bits per heavy atom. The molecule has 2 N–H and O–H groups in total. The lowest BCUT2D eigenvalue weighted by molar-refractivity contribution is 0.579. The van der Waals surface area contributed by atoms with Crippen LogP contribution in [0.3, 0.4) is 0 Å². The third kappa shape index (κ3) is 2.52. The van der Waals surface area contributed by atoms with Crippen molar-refractivity contribution in [1.82, 2.24) is 15.0 Å². The summed E-state index contributed by atoms with van der Waals surface area (Å²) < 4.78 is 0. The van der Waals surface area contributed by atoms with Crippen molar-refractivity contribution in [2.45, 2.75) is 19.3 Å². The Hall–Kier alpha value is -2.56.